The third-order valence-electron chi connectivity index (χ3n) is 1.33. The molecule has 1 unspecified atom stereocenters. The molecule has 0 aromatic heterocycles. The molecule has 0 aliphatic carbocycles. The Morgan fingerprint density at radius 2 is 2.25 bits per heavy atom. The molecule has 0 spiro atoms. The molecule has 0 aromatic rings. The van der Waals surface area contributed by atoms with Crippen molar-refractivity contribution in [3.8, 4) is 0 Å². The van der Waals surface area contributed by atoms with Gasteiger partial charge >= 0.3 is 0 Å². The zero-order chi connectivity index (χ0) is 5.98. The van der Waals surface area contributed by atoms with Crippen LogP contribution in [-0.4, -0.2) is 12.7 Å². The van der Waals surface area contributed by atoms with Gasteiger partial charge in [0.05, 0.1) is 6.10 Å². The Balaban J connectivity index is 2.01. The van der Waals surface area contributed by atoms with Gasteiger partial charge in [-0.2, -0.15) is 0 Å². The lowest BCUT2D eigenvalue weighted by molar-refractivity contribution is -0.0334. The van der Waals surface area contributed by atoms with E-state index in [1.165, 1.54) is 6.42 Å². The molecule has 47 valence electrons. The van der Waals surface area contributed by atoms with E-state index in [1.807, 2.05) is 0 Å². The Kier molecular flexibility index (Phi) is 1.90. The first kappa shape index (κ1) is 6.09. The van der Waals surface area contributed by atoms with E-state index in [-0.39, 0.29) is 0 Å². The molecule has 0 saturated carbocycles. The molecule has 1 aliphatic rings. The van der Waals surface area contributed by atoms with Crippen molar-refractivity contribution in [2.45, 2.75) is 26.4 Å². The van der Waals surface area contributed by atoms with Crippen molar-refractivity contribution in [2.75, 3.05) is 6.61 Å². The number of rotatable bonds is 2. The maximum atomic E-state index is 5.19. The van der Waals surface area contributed by atoms with Crippen molar-refractivity contribution in [1.82, 2.24) is 0 Å². The van der Waals surface area contributed by atoms with Crippen molar-refractivity contribution < 1.29 is 4.74 Å². The lowest BCUT2D eigenvalue weighted by atomic mass is 10.0. The molecule has 0 aromatic carbocycles. The van der Waals surface area contributed by atoms with Gasteiger partial charge in [-0.3, -0.25) is 0 Å². The summed E-state index contributed by atoms with van der Waals surface area (Å²) in [6, 6.07) is 0. The van der Waals surface area contributed by atoms with Crippen molar-refractivity contribution in [2.24, 2.45) is 5.92 Å². The topological polar surface area (TPSA) is 9.23 Å². The second kappa shape index (κ2) is 2.49. The van der Waals surface area contributed by atoms with Gasteiger partial charge < -0.3 is 4.74 Å². The van der Waals surface area contributed by atoms with Crippen LogP contribution < -0.4 is 0 Å². The SMILES string of the molecule is CC(C)[CH]C1CCO1. The molecule has 1 fully saturated rings. The van der Waals surface area contributed by atoms with Gasteiger partial charge in [0, 0.05) is 6.61 Å². The van der Waals surface area contributed by atoms with Crippen LogP contribution in [-0.2, 0) is 4.74 Å². The fourth-order valence-electron chi connectivity index (χ4n) is 0.835. The van der Waals surface area contributed by atoms with E-state index in [0.717, 1.165) is 6.61 Å². The Morgan fingerprint density at radius 3 is 2.38 bits per heavy atom. The normalized spacial score (nSPS) is 28.1. The fourth-order valence-corrected chi connectivity index (χ4v) is 0.835. The highest BCUT2D eigenvalue weighted by Gasteiger charge is 2.18. The van der Waals surface area contributed by atoms with Gasteiger partial charge in [-0.15, -0.1) is 0 Å². The lowest BCUT2D eigenvalue weighted by Gasteiger charge is -2.27. The van der Waals surface area contributed by atoms with E-state index in [1.54, 1.807) is 0 Å². The smallest absolute Gasteiger partial charge is 0.0631 e. The standard InChI is InChI=1S/C7H13O/c1-6(2)5-7-3-4-8-7/h5-7H,3-4H2,1-2H3. The molecule has 1 radical (unpaired) electrons. The predicted octanol–water partition coefficient (Wildman–Crippen LogP) is 1.64. The van der Waals surface area contributed by atoms with Crippen LogP contribution in [0.15, 0.2) is 0 Å². The highest BCUT2D eigenvalue weighted by atomic mass is 16.5. The van der Waals surface area contributed by atoms with Crippen LogP contribution in [0.2, 0.25) is 0 Å². The summed E-state index contributed by atoms with van der Waals surface area (Å²) < 4.78 is 5.19. The van der Waals surface area contributed by atoms with Crippen LogP contribution in [0.1, 0.15) is 20.3 Å². The molecule has 8 heavy (non-hydrogen) atoms. The maximum absolute atomic E-state index is 5.19. The van der Waals surface area contributed by atoms with Crippen molar-refractivity contribution in [3.05, 3.63) is 6.42 Å². The van der Waals surface area contributed by atoms with Crippen LogP contribution in [0.3, 0.4) is 0 Å². The average molecular weight is 113 g/mol. The number of hydrogen-bond donors (Lipinski definition) is 0. The molecular formula is C7H13O. The minimum Gasteiger partial charge on any atom is -0.378 e. The first-order valence-electron chi connectivity index (χ1n) is 3.25. The van der Waals surface area contributed by atoms with Gasteiger partial charge in [-0.1, -0.05) is 13.8 Å². The van der Waals surface area contributed by atoms with E-state index >= 15 is 0 Å². The summed E-state index contributed by atoms with van der Waals surface area (Å²) in [5.41, 5.74) is 0. The summed E-state index contributed by atoms with van der Waals surface area (Å²) in [5, 5.41) is 0. The second-order valence-electron chi connectivity index (χ2n) is 2.63. The highest BCUT2D eigenvalue weighted by Crippen LogP contribution is 2.17. The quantitative estimate of drug-likeness (QED) is 0.529. The maximum Gasteiger partial charge on any atom is 0.0631 e. The molecule has 1 aliphatic heterocycles. The molecule has 1 nitrogen and oxygen atoms in total. The molecule has 1 heteroatoms. The van der Waals surface area contributed by atoms with E-state index in [4.69, 9.17) is 4.74 Å². The third kappa shape index (κ3) is 1.48. The Morgan fingerprint density at radius 1 is 1.62 bits per heavy atom. The summed E-state index contributed by atoms with van der Waals surface area (Å²) in [6.45, 7) is 5.33. The van der Waals surface area contributed by atoms with Gasteiger partial charge in [0.15, 0.2) is 0 Å². The largest absolute Gasteiger partial charge is 0.378 e. The zero-order valence-corrected chi connectivity index (χ0v) is 5.55. The molecule has 1 saturated heterocycles. The lowest BCUT2D eigenvalue weighted by Crippen LogP contribution is -2.28. The summed E-state index contributed by atoms with van der Waals surface area (Å²) >= 11 is 0. The summed E-state index contributed by atoms with van der Waals surface area (Å²) in [5.74, 6) is 0.681. The van der Waals surface area contributed by atoms with Crippen LogP contribution in [0, 0.1) is 12.3 Å². The van der Waals surface area contributed by atoms with E-state index in [9.17, 15) is 0 Å². The van der Waals surface area contributed by atoms with Gasteiger partial charge in [0.2, 0.25) is 0 Å². The van der Waals surface area contributed by atoms with Crippen molar-refractivity contribution in [1.29, 1.82) is 0 Å². The first-order valence-corrected chi connectivity index (χ1v) is 3.25. The van der Waals surface area contributed by atoms with Crippen LogP contribution in [0.5, 0.6) is 0 Å². The van der Waals surface area contributed by atoms with Crippen LogP contribution in [0.4, 0.5) is 0 Å². The monoisotopic (exact) mass is 113 g/mol. The van der Waals surface area contributed by atoms with Gasteiger partial charge in [-0.05, 0) is 18.8 Å². The third-order valence-corrected chi connectivity index (χ3v) is 1.33. The zero-order valence-electron chi connectivity index (χ0n) is 5.55. The van der Waals surface area contributed by atoms with Crippen molar-refractivity contribution >= 4 is 0 Å². The predicted molar refractivity (Wildman–Crippen MR) is 33.5 cm³/mol. The van der Waals surface area contributed by atoms with Crippen LogP contribution in [0.25, 0.3) is 0 Å². The number of hydrogen-bond acceptors (Lipinski definition) is 1. The molecule has 0 N–H and O–H groups in total. The van der Waals surface area contributed by atoms with E-state index < -0.39 is 0 Å². The summed E-state index contributed by atoms with van der Waals surface area (Å²) in [4.78, 5) is 0. The molecule has 0 bridgehead atoms. The van der Waals surface area contributed by atoms with Gasteiger partial charge in [0.1, 0.15) is 0 Å². The fraction of sp³-hybridized carbons (Fsp3) is 0.857. The van der Waals surface area contributed by atoms with Crippen LogP contribution >= 0.6 is 0 Å². The Hall–Kier alpha value is -0.0400. The molecule has 1 heterocycles. The second-order valence-corrected chi connectivity index (χ2v) is 2.63. The number of ether oxygens (including phenoxy) is 1. The minimum atomic E-state index is 0.481. The molecule has 1 atom stereocenters. The highest BCUT2D eigenvalue weighted by molar-refractivity contribution is 4.84. The summed E-state index contributed by atoms with van der Waals surface area (Å²) in [7, 11) is 0. The summed E-state index contributed by atoms with van der Waals surface area (Å²) in [6.07, 6.45) is 3.97. The van der Waals surface area contributed by atoms with Crippen molar-refractivity contribution in [3.63, 3.8) is 0 Å². The van der Waals surface area contributed by atoms with Gasteiger partial charge in [-0.25, -0.2) is 0 Å². The molecule has 0 amide bonds. The Bertz CT molecular complexity index is 64.8. The first-order chi connectivity index (χ1) is 3.79. The molecular weight excluding hydrogens is 100 g/mol. The minimum absolute atomic E-state index is 0.481. The van der Waals surface area contributed by atoms with E-state index in [2.05, 4.69) is 20.3 Å². The average Bonchev–Trinajstić information content (AvgIpc) is 1.55. The Labute approximate surface area is 51.0 Å². The van der Waals surface area contributed by atoms with Gasteiger partial charge in [0.25, 0.3) is 0 Å². The molecule has 1 rings (SSSR count). The van der Waals surface area contributed by atoms with E-state index in [0.29, 0.717) is 12.0 Å².